The summed E-state index contributed by atoms with van der Waals surface area (Å²) in [7, 11) is -1.99. The van der Waals surface area contributed by atoms with Gasteiger partial charge in [-0.05, 0) is 40.0 Å². The number of aryl methyl sites for hydroxylation is 1. The van der Waals surface area contributed by atoms with Gasteiger partial charge in [-0.2, -0.15) is 13.5 Å². The zero-order chi connectivity index (χ0) is 18.6. The predicted octanol–water partition coefficient (Wildman–Crippen LogP) is 2.15. The second-order valence-electron chi connectivity index (χ2n) is 7.77. The first-order valence-corrected chi connectivity index (χ1v) is 10.2. The summed E-state index contributed by atoms with van der Waals surface area (Å²) in [6.07, 6.45) is 3.81. The minimum Gasteiger partial charge on any atom is -0.444 e. The Balaban J connectivity index is 1.98. The quantitative estimate of drug-likeness (QED) is 0.740. The maximum atomic E-state index is 12.7. The highest BCUT2D eigenvalue weighted by molar-refractivity contribution is 7.86. The molecule has 3 heterocycles. The minimum absolute atomic E-state index is 0.0350. The van der Waals surface area contributed by atoms with Crippen LogP contribution >= 0.6 is 0 Å². The minimum atomic E-state index is -3.65. The number of amides is 1. The predicted molar refractivity (Wildman–Crippen MR) is 90.8 cm³/mol. The van der Waals surface area contributed by atoms with Gasteiger partial charge in [0, 0.05) is 25.1 Å². The van der Waals surface area contributed by atoms with Crippen LogP contribution in [0.25, 0.3) is 0 Å². The van der Waals surface area contributed by atoms with Crippen LogP contribution in [0.5, 0.6) is 5.88 Å². The van der Waals surface area contributed by atoms with Crippen molar-refractivity contribution >= 4 is 16.2 Å². The summed E-state index contributed by atoms with van der Waals surface area (Å²) in [6, 6.07) is -0.243. The molecule has 9 heteroatoms. The highest BCUT2D eigenvalue weighted by Crippen LogP contribution is 2.44. The highest BCUT2D eigenvalue weighted by Gasteiger charge is 2.45. The molecule has 0 radical (unpaired) electrons. The Bertz CT molecular complexity index is 793. The van der Waals surface area contributed by atoms with Crippen molar-refractivity contribution in [3.8, 4) is 5.88 Å². The Labute approximate surface area is 148 Å². The lowest BCUT2D eigenvalue weighted by Gasteiger charge is -2.45. The van der Waals surface area contributed by atoms with Crippen LogP contribution in [0.1, 0.15) is 57.3 Å². The normalized spacial score (nSPS) is 23.2. The maximum absolute atomic E-state index is 12.7. The first-order chi connectivity index (χ1) is 11.5. The molecule has 1 aromatic rings. The molecule has 2 aliphatic rings. The number of hydrogen-bond acceptors (Lipinski definition) is 6. The van der Waals surface area contributed by atoms with Gasteiger partial charge < -0.3 is 8.92 Å². The van der Waals surface area contributed by atoms with Crippen LogP contribution in [0.15, 0.2) is 0 Å². The molecule has 0 aliphatic carbocycles. The third-order valence-corrected chi connectivity index (χ3v) is 4.91. The van der Waals surface area contributed by atoms with Crippen LogP contribution in [-0.2, 0) is 28.3 Å². The maximum Gasteiger partial charge on any atom is 0.411 e. The molecule has 1 amide bonds. The lowest BCUT2D eigenvalue weighted by atomic mass is 9.84. The molecule has 0 N–H and O–H groups in total. The fourth-order valence-corrected chi connectivity index (χ4v) is 4.15. The molecular formula is C16H25N3O5S. The number of hydrogen-bond donors (Lipinski definition) is 0. The molecule has 1 saturated heterocycles. The van der Waals surface area contributed by atoms with Gasteiger partial charge in [-0.3, -0.25) is 4.90 Å². The van der Waals surface area contributed by atoms with Crippen molar-refractivity contribution in [2.45, 2.75) is 64.1 Å². The van der Waals surface area contributed by atoms with Crippen LogP contribution in [-0.4, -0.2) is 47.1 Å². The number of carbonyl (C=O) groups excluding carboxylic acids is 1. The summed E-state index contributed by atoms with van der Waals surface area (Å²) in [6.45, 7) is 5.53. The van der Waals surface area contributed by atoms with Gasteiger partial charge in [0.15, 0.2) is 0 Å². The van der Waals surface area contributed by atoms with Crippen molar-refractivity contribution in [3.63, 3.8) is 0 Å². The van der Waals surface area contributed by atoms with E-state index in [2.05, 4.69) is 5.10 Å². The second kappa shape index (κ2) is 5.89. The van der Waals surface area contributed by atoms with E-state index in [1.54, 1.807) is 11.9 Å². The van der Waals surface area contributed by atoms with E-state index in [-0.39, 0.29) is 24.1 Å². The second-order valence-corrected chi connectivity index (χ2v) is 9.35. The first-order valence-electron chi connectivity index (χ1n) is 8.43. The fraction of sp³-hybridized carbons (Fsp3) is 0.750. The summed E-state index contributed by atoms with van der Waals surface area (Å²) in [5.41, 5.74) is 0.922. The van der Waals surface area contributed by atoms with E-state index in [1.807, 2.05) is 20.8 Å². The molecule has 0 spiro atoms. The third-order valence-electron chi connectivity index (χ3n) is 4.45. The molecular weight excluding hydrogens is 346 g/mol. The Hall–Kier alpha value is -1.77. The van der Waals surface area contributed by atoms with Crippen molar-refractivity contribution in [3.05, 3.63) is 11.3 Å². The number of nitrogens with zero attached hydrogens (tertiary/aromatic N) is 3. The summed E-state index contributed by atoms with van der Waals surface area (Å²) in [5, 5.41) is 4.46. The van der Waals surface area contributed by atoms with E-state index in [4.69, 9.17) is 8.92 Å². The van der Waals surface area contributed by atoms with Gasteiger partial charge in [-0.25, -0.2) is 9.48 Å². The fourth-order valence-electron chi connectivity index (χ4n) is 3.65. The van der Waals surface area contributed by atoms with Crippen LogP contribution < -0.4 is 4.18 Å². The third kappa shape index (κ3) is 3.61. The topological polar surface area (TPSA) is 90.7 Å². The Morgan fingerprint density at radius 2 is 1.96 bits per heavy atom. The summed E-state index contributed by atoms with van der Waals surface area (Å²) < 4.78 is 35.3. The molecule has 2 bridgehead atoms. The van der Waals surface area contributed by atoms with E-state index in [9.17, 15) is 13.2 Å². The van der Waals surface area contributed by atoms with Crippen molar-refractivity contribution in [1.29, 1.82) is 0 Å². The Morgan fingerprint density at radius 1 is 1.28 bits per heavy atom. The number of aromatic nitrogens is 2. The Morgan fingerprint density at radius 3 is 2.56 bits per heavy atom. The van der Waals surface area contributed by atoms with Crippen molar-refractivity contribution in [1.82, 2.24) is 14.7 Å². The van der Waals surface area contributed by atoms with Crippen LogP contribution in [0.2, 0.25) is 0 Å². The molecule has 2 unspecified atom stereocenters. The van der Waals surface area contributed by atoms with Gasteiger partial charge in [0.25, 0.3) is 0 Å². The van der Waals surface area contributed by atoms with Gasteiger partial charge in [0.05, 0.1) is 18.0 Å². The monoisotopic (exact) mass is 371 g/mol. The molecule has 0 aromatic carbocycles. The van der Waals surface area contributed by atoms with E-state index in [0.29, 0.717) is 12.1 Å². The van der Waals surface area contributed by atoms with E-state index in [0.717, 1.165) is 31.1 Å². The molecule has 3 rings (SSSR count). The molecule has 2 aliphatic heterocycles. The summed E-state index contributed by atoms with van der Waals surface area (Å²) in [5.74, 6) is 0.248. The standard InChI is InChI=1S/C16H25N3O5S/c1-16(2,3)23-15(20)19-10-7-6-8-12(19)13-11(9-10)14(18(4)17-13)24-25(5,21)22/h10,12H,6-9H2,1-5H3. The average Bonchev–Trinajstić information content (AvgIpc) is 2.72. The van der Waals surface area contributed by atoms with Gasteiger partial charge in [-0.15, -0.1) is 0 Å². The van der Waals surface area contributed by atoms with Gasteiger partial charge in [0.1, 0.15) is 5.60 Å². The average molecular weight is 371 g/mol. The molecule has 8 nitrogen and oxygen atoms in total. The lowest BCUT2D eigenvalue weighted by Crippen LogP contribution is -2.51. The summed E-state index contributed by atoms with van der Waals surface area (Å²) in [4.78, 5) is 14.5. The van der Waals surface area contributed by atoms with Gasteiger partial charge >= 0.3 is 16.2 Å². The number of rotatable bonds is 2. The van der Waals surface area contributed by atoms with Gasteiger partial charge in [0.2, 0.25) is 5.88 Å². The largest absolute Gasteiger partial charge is 0.444 e. The molecule has 0 saturated carbocycles. The zero-order valence-corrected chi connectivity index (χ0v) is 16.1. The number of fused-ring (bicyclic) bond motifs is 4. The first kappa shape index (κ1) is 18.0. The van der Waals surface area contributed by atoms with Gasteiger partial charge in [-0.1, -0.05) is 0 Å². The van der Waals surface area contributed by atoms with E-state index >= 15 is 0 Å². The molecule has 1 fully saturated rings. The Kier molecular flexibility index (Phi) is 4.25. The smallest absolute Gasteiger partial charge is 0.411 e. The lowest BCUT2D eigenvalue weighted by molar-refractivity contribution is -0.0104. The molecule has 140 valence electrons. The van der Waals surface area contributed by atoms with Crippen molar-refractivity contribution in [2.75, 3.05) is 6.26 Å². The summed E-state index contributed by atoms with van der Waals surface area (Å²) >= 11 is 0. The zero-order valence-electron chi connectivity index (χ0n) is 15.3. The van der Waals surface area contributed by atoms with E-state index in [1.165, 1.54) is 4.68 Å². The van der Waals surface area contributed by atoms with E-state index < -0.39 is 15.7 Å². The van der Waals surface area contributed by atoms with Crippen molar-refractivity contribution < 1.29 is 22.1 Å². The van der Waals surface area contributed by atoms with Crippen LogP contribution in [0.4, 0.5) is 4.79 Å². The SMILES string of the molecule is Cn1nc2c(c1OS(C)(=O)=O)CC1CCCC2N1C(=O)OC(C)(C)C. The molecule has 2 atom stereocenters. The van der Waals surface area contributed by atoms with Crippen molar-refractivity contribution in [2.24, 2.45) is 7.05 Å². The number of carbonyl (C=O) groups is 1. The molecule has 1 aromatic heterocycles. The number of ether oxygens (including phenoxy) is 1. The molecule has 25 heavy (non-hydrogen) atoms. The van der Waals surface area contributed by atoms with Crippen LogP contribution in [0, 0.1) is 0 Å². The van der Waals surface area contributed by atoms with Crippen LogP contribution in [0.3, 0.4) is 0 Å². The highest BCUT2D eigenvalue weighted by atomic mass is 32.2. The number of piperidine rings is 1.